The Bertz CT molecular complexity index is 1290. The van der Waals surface area contributed by atoms with Crippen molar-refractivity contribution >= 4 is 28.3 Å². The van der Waals surface area contributed by atoms with Crippen LogP contribution in [-0.2, 0) is 30.8 Å². The fourth-order valence-electron chi connectivity index (χ4n) is 4.49. The Morgan fingerprint density at radius 2 is 1.94 bits per heavy atom. The minimum Gasteiger partial charge on any atom is -0.496 e. The van der Waals surface area contributed by atoms with Crippen LogP contribution in [-0.4, -0.2) is 33.9 Å². The van der Waals surface area contributed by atoms with E-state index in [0.29, 0.717) is 31.1 Å². The lowest BCUT2D eigenvalue weighted by molar-refractivity contribution is -0.127. The maximum absolute atomic E-state index is 13.3. The number of amides is 1. The Kier molecular flexibility index (Phi) is 6.03. The van der Waals surface area contributed by atoms with Gasteiger partial charge in [0.25, 0.3) is 0 Å². The summed E-state index contributed by atoms with van der Waals surface area (Å²) in [6.07, 6.45) is 2.28. The number of aromatic nitrogens is 2. The number of aromatic amines is 1. The van der Waals surface area contributed by atoms with Crippen LogP contribution < -0.4 is 10.1 Å². The second kappa shape index (κ2) is 9.25. The topological polar surface area (TPSA) is 70.2 Å². The first kappa shape index (κ1) is 21.5. The molecule has 7 heteroatoms. The first-order valence-corrected chi connectivity index (χ1v) is 11.3. The minimum atomic E-state index is -0.311. The minimum absolute atomic E-state index is 0.00332. The molecule has 1 aliphatic heterocycles. The zero-order chi connectivity index (χ0) is 22.8. The molecule has 1 aliphatic rings. The van der Waals surface area contributed by atoms with Crippen LogP contribution in [0.15, 0.2) is 67.0 Å². The normalized spacial score (nSPS) is 15.9. The van der Waals surface area contributed by atoms with Gasteiger partial charge in [0.15, 0.2) is 0 Å². The zero-order valence-corrected chi connectivity index (χ0v) is 19.1. The van der Waals surface area contributed by atoms with E-state index >= 15 is 0 Å². The van der Waals surface area contributed by atoms with E-state index in [1.807, 2.05) is 42.5 Å². The molecule has 2 heterocycles. The van der Waals surface area contributed by atoms with Crippen molar-refractivity contribution in [3.05, 3.63) is 94.5 Å². The highest BCUT2D eigenvalue weighted by Gasteiger charge is 2.33. The maximum Gasteiger partial charge on any atom is 0.238 e. The van der Waals surface area contributed by atoms with Crippen LogP contribution in [0.3, 0.4) is 0 Å². The number of H-pyrrole nitrogens is 1. The summed E-state index contributed by atoms with van der Waals surface area (Å²) >= 11 is 5.98. The number of hydrogen-bond acceptors (Lipinski definition) is 4. The summed E-state index contributed by atoms with van der Waals surface area (Å²) in [5, 5.41) is 5.98. The number of ether oxygens (including phenoxy) is 1. The Morgan fingerprint density at radius 1 is 1.15 bits per heavy atom. The SMILES string of the molecule is COc1ccc(CN2Cc3[nH]cnc3C[C@H]2C(=O)NCc2ccc(Cl)cc2)c2ccccc12. The highest BCUT2D eigenvalue weighted by atomic mass is 35.5. The summed E-state index contributed by atoms with van der Waals surface area (Å²) in [6, 6.07) is 19.5. The van der Waals surface area contributed by atoms with Gasteiger partial charge in [0.2, 0.25) is 5.91 Å². The maximum atomic E-state index is 13.3. The number of fused-ring (bicyclic) bond motifs is 2. The van der Waals surface area contributed by atoms with Crippen molar-refractivity contribution in [3.63, 3.8) is 0 Å². The average molecular weight is 461 g/mol. The highest BCUT2D eigenvalue weighted by molar-refractivity contribution is 6.30. The van der Waals surface area contributed by atoms with Gasteiger partial charge in [-0.05, 0) is 34.7 Å². The molecular weight excluding hydrogens is 436 g/mol. The number of rotatable bonds is 6. The van der Waals surface area contributed by atoms with Crippen LogP contribution in [0.2, 0.25) is 5.02 Å². The summed E-state index contributed by atoms with van der Waals surface area (Å²) in [5.74, 6) is 0.845. The fraction of sp³-hybridized carbons (Fsp3) is 0.231. The quantitative estimate of drug-likeness (QED) is 0.445. The van der Waals surface area contributed by atoms with Gasteiger partial charge < -0.3 is 15.0 Å². The van der Waals surface area contributed by atoms with Crippen molar-refractivity contribution in [2.24, 2.45) is 0 Å². The molecule has 0 bridgehead atoms. The van der Waals surface area contributed by atoms with E-state index in [4.69, 9.17) is 16.3 Å². The van der Waals surface area contributed by atoms with Crippen LogP contribution in [0.25, 0.3) is 10.8 Å². The summed E-state index contributed by atoms with van der Waals surface area (Å²) in [7, 11) is 1.69. The Hall–Kier alpha value is -3.35. The van der Waals surface area contributed by atoms with Crippen molar-refractivity contribution < 1.29 is 9.53 Å². The average Bonchev–Trinajstić information content (AvgIpc) is 3.31. The van der Waals surface area contributed by atoms with Crippen LogP contribution in [0, 0.1) is 0 Å². The summed E-state index contributed by atoms with van der Waals surface area (Å²) in [5.41, 5.74) is 4.19. The van der Waals surface area contributed by atoms with E-state index in [1.54, 1.807) is 13.4 Å². The van der Waals surface area contributed by atoms with Crippen LogP contribution in [0.5, 0.6) is 5.75 Å². The largest absolute Gasteiger partial charge is 0.496 e. The van der Waals surface area contributed by atoms with Gasteiger partial charge in [-0.1, -0.05) is 54.1 Å². The van der Waals surface area contributed by atoms with Crippen molar-refractivity contribution in [2.45, 2.75) is 32.1 Å². The molecule has 0 radical (unpaired) electrons. The molecular formula is C26H25ClN4O2. The molecule has 6 nitrogen and oxygen atoms in total. The van der Waals surface area contributed by atoms with Crippen LogP contribution in [0.4, 0.5) is 0 Å². The number of nitrogens with zero attached hydrogens (tertiary/aromatic N) is 2. The second-order valence-electron chi connectivity index (χ2n) is 8.27. The van der Waals surface area contributed by atoms with Gasteiger partial charge in [-0.3, -0.25) is 9.69 Å². The van der Waals surface area contributed by atoms with E-state index < -0.39 is 0 Å². The third-order valence-corrected chi connectivity index (χ3v) is 6.50. The van der Waals surface area contributed by atoms with Gasteiger partial charge >= 0.3 is 0 Å². The molecule has 5 rings (SSSR count). The molecule has 0 saturated carbocycles. The molecule has 0 spiro atoms. The van der Waals surface area contributed by atoms with Gasteiger partial charge in [-0.15, -0.1) is 0 Å². The molecule has 0 unspecified atom stereocenters. The van der Waals surface area contributed by atoms with E-state index in [0.717, 1.165) is 39.0 Å². The second-order valence-corrected chi connectivity index (χ2v) is 8.71. The van der Waals surface area contributed by atoms with E-state index in [2.05, 4.69) is 38.4 Å². The summed E-state index contributed by atoms with van der Waals surface area (Å²) < 4.78 is 5.55. The van der Waals surface area contributed by atoms with Crippen molar-refractivity contribution in [3.8, 4) is 5.75 Å². The molecule has 1 aromatic heterocycles. The number of halogens is 1. The standard InChI is InChI=1S/C26H25ClN4O2/c1-33-25-11-8-18(20-4-2-3-5-21(20)25)14-31-15-23-22(29-16-30-23)12-24(31)26(32)28-13-17-6-9-19(27)10-7-17/h2-11,16,24H,12-15H2,1H3,(H,28,32)(H,29,30)/t24-/m0/s1. The number of carbonyl (C=O) groups is 1. The number of imidazole rings is 1. The molecule has 1 atom stereocenters. The Labute approximate surface area is 197 Å². The molecule has 168 valence electrons. The highest BCUT2D eigenvalue weighted by Crippen LogP contribution is 2.31. The van der Waals surface area contributed by atoms with Gasteiger partial charge in [0.1, 0.15) is 5.75 Å². The van der Waals surface area contributed by atoms with Crippen LogP contribution >= 0.6 is 11.6 Å². The van der Waals surface area contributed by atoms with Gasteiger partial charge in [0.05, 0.1) is 30.9 Å². The Balaban J connectivity index is 1.40. The number of methoxy groups -OCH3 is 1. The molecule has 4 aromatic rings. The predicted molar refractivity (Wildman–Crippen MR) is 129 cm³/mol. The smallest absolute Gasteiger partial charge is 0.238 e. The number of benzene rings is 3. The zero-order valence-electron chi connectivity index (χ0n) is 18.3. The molecule has 0 aliphatic carbocycles. The van der Waals surface area contributed by atoms with E-state index in [-0.39, 0.29) is 11.9 Å². The van der Waals surface area contributed by atoms with Crippen LogP contribution in [0.1, 0.15) is 22.5 Å². The number of carbonyl (C=O) groups excluding carboxylic acids is 1. The molecule has 0 fully saturated rings. The fourth-order valence-corrected chi connectivity index (χ4v) is 4.62. The molecule has 3 aromatic carbocycles. The van der Waals surface area contributed by atoms with Crippen molar-refractivity contribution in [1.82, 2.24) is 20.2 Å². The van der Waals surface area contributed by atoms with Gasteiger partial charge in [-0.25, -0.2) is 4.98 Å². The van der Waals surface area contributed by atoms with Crippen molar-refractivity contribution in [1.29, 1.82) is 0 Å². The molecule has 33 heavy (non-hydrogen) atoms. The van der Waals surface area contributed by atoms with Gasteiger partial charge in [0, 0.05) is 36.5 Å². The summed E-state index contributed by atoms with van der Waals surface area (Å²) in [4.78, 5) is 23.2. The van der Waals surface area contributed by atoms with E-state index in [9.17, 15) is 4.79 Å². The lowest BCUT2D eigenvalue weighted by atomic mass is 9.98. The van der Waals surface area contributed by atoms with Crippen molar-refractivity contribution in [2.75, 3.05) is 7.11 Å². The lowest BCUT2D eigenvalue weighted by Crippen LogP contribution is -2.49. The molecule has 0 saturated heterocycles. The number of nitrogens with one attached hydrogen (secondary N) is 2. The van der Waals surface area contributed by atoms with Gasteiger partial charge in [-0.2, -0.15) is 0 Å². The third kappa shape index (κ3) is 4.45. The third-order valence-electron chi connectivity index (χ3n) is 6.25. The summed E-state index contributed by atoms with van der Waals surface area (Å²) in [6.45, 7) is 1.73. The monoisotopic (exact) mass is 460 g/mol. The van der Waals surface area contributed by atoms with E-state index in [1.165, 1.54) is 0 Å². The Morgan fingerprint density at radius 3 is 2.73 bits per heavy atom. The first-order valence-electron chi connectivity index (χ1n) is 10.9. The molecule has 2 N–H and O–H groups in total. The predicted octanol–water partition coefficient (Wildman–Crippen LogP) is 4.47. The molecule has 1 amide bonds. The number of hydrogen-bond donors (Lipinski definition) is 2. The lowest BCUT2D eigenvalue weighted by Gasteiger charge is -2.34. The first-order chi connectivity index (χ1) is 16.1.